The predicted octanol–water partition coefficient (Wildman–Crippen LogP) is -0.183. The van der Waals surface area contributed by atoms with Crippen molar-refractivity contribution in [1.29, 1.82) is 0 Å². The summed E-state index contributed by atoms with van der Waals surface area (Å²) in [4.78, 5) is 13.3. The van der Waals surface area contributed by atoms with Crippen LogP contribution in [0.5, 0.6) is 0 Å². The van der Waals surface area contributed by atoms with Crippen LogP contribution in [0.3, 0.4) is 0 Å². The van der Waals surface area contributed by atoms with Crippen molar-refractivity contribution in [3.8, 4) is 0 Å². The molecule has 0 aliphatic carbocycles. The molecule has 1 aliphatic heterocycles. The number of amides is 1. The fourth-order valence-corrected chi connectivity index (χ4v) is 1.48. The van der Waals surface area contributed by atoms with Crippen LogP contribution in [0.1, 0.15) is 13.3 Å². The Hall–Kier alpha value is -0.650. The Morgan fingerprint density at radius 3 is 2.87 bits per heavy atom. The van der Waals surface area contributed by atoms with Crippen LogP contribution in [0.4, 0.5) is 0 Å². The average Bonchev–Trinajstić information content (AvgIpc) is 2.54. The fraction of sp³-hybridized carbons (Fsp3) is 0.900. The molecule has 1 amide bonds. The molecule has 15 heavy (non-hydrogen) atoms. The molecule has 0 radical (unpaired) electrons. The smallest absolute Gasteiger partial charge is 0.240 e. The van der Waals surface area contributed by atoms with Gasteiger partial charge >= 0.3 is 0 Å². The summed E-state index contributed by atoms with van der Waals surface area (Å²) in [5.74, 6) is 0.187. The standard InChI is InChI=1S/C10H20N2O3/c1-9-10(13)12(8-11-9)4-3-5-15-7-6-14-2/h9,11H,3-8H2,1-2H3. The van der Waals surface area contributed by atoms with Crippen LogP contribution in [0.15, 0.2) is 0 Å². The molecule has 0 bridgehead atoms. The van der Waals surface area contributed by atoms with E-state index in [1.807, 2.05) is 11.8 Å². The van der Waals surface area contributed by atoms with Crippen LogP contribution in [0.25, 0.3) is 0 Å². The van der Waals surface area contributed by atoms with Crippen LogP contribution in [-0.2, 0) is 14.3 Å². The van der Waals surface area contributed by atoms with Crippen LogP contribution in [0, 0.1) is 0 Å². The van der Waals surface area contributed by atoms with Gasteiger partial charge in [-0.2, -0.15) is 0 Å². The largest absolute Gasteiger partial charge is 0.382 e. The van der Waals surface area contributed by atoms with Gasteiger partial charge in [-0.15, -0.1) is 0 Å². The van der Waals surface area contributed by atoms with Crippen molar-refractivity contribution in [2.24, 2.45) is 0 Å². The molecular weight excluding hydrogens is 196 g/mol. The molecule has 0 aromatic rings. The fourth-order valence-electron chi connectivity index (χ4n) is 1.48. The Morgan fingerprint density at radius 2 is 2.27 bits per heavy atom. The monoisotopic (exact) mass is 216 g/mol. The lowest BCUT2D eigenvalue weighted by molar-refractivity contribution is -0.128. The van der Waals surface area contributed by atoms with E-state index >= 15 is 0 Å². The molecule has 1 atom stereocenters. The minimum Gasteiger partial charge on any atom is -0.382 e. The van der Waals surface area contributed by atoms with Gasteiger partial charge in [0.25, 0.3) is 0 Å². The molecule has 1 heterocycles. The Bertz CT molecular complexity index is 199. The van der Waals surface area contributed by atoms with Gasteiger partial charge in [-0.25, -0.2) is 0 Å². The molecule has 0 spiro atoms. The summed E-state index contributed by atoms with van der Waals surface area (Å²) in [6.45, 7) is 5.25. The molecule has 1 unspecified atom stereocenters. The van der Waals surface area contributed by atoms with E-state index in [4.69, 9.17) is 9.47 Å². The van der Waals surface area contributed by atoms with Crippen molar-refractivity contribution in [3.05, 3.63) is 0 Å². The van der Waals surface area contributed by atoms with E-state index in [1.165, 1.54) is 0 Å². The number of ether oxygens (including phenoxy) is 2. The topological polar surface area (TPSA) is 50.8 Å². The van der Waals surface area contributed by atoms with Crippen molar-refractivity contribution in [1.82, 2.24) is 10.2 Å². The highest BCUT2D eigenvalue weighted by Crippen LogP contribution is 2.03. The number of nitrogens with zero attached hydrogens (tertiary/aromatic N) is 1. The van der Waals surface area contributed by atoms with Gasteiger partial charge in [0.05, 0.1) is 25.9 Å². The molecule has 1 rings (SSSR count). The maximum atomic E-state index is 11.5. The lowest BCUT2D eigenvalue weighted by Gasteiger charge is -2.14. The third kappa shape index (κ3) is 4.15. The third-order valence-electron chi connectivity index (χ3n) is 2.42. The zero-order chi connectivity index (χ0) is 11.1. The predicted molar refractivity (Wildman–Crippen MR) is 56.5 cm³/mol. The lowest BCUT2D eigenvalue weighted by Crippen LogP contribution is -2.30. The quantitative estimate of drug-likeness (QED) is 0.600. The van der Waals surface area contributed by atoms with Crippen molar-refractivity contribution in [2.45, 2.75) is 19.4 Å². The average molecular weight is 216 g/mol. The summed E-state index contributed by atoms with van der Waals surface area (Å²) in [6.07, 6.45) is 0.879. The summed E-state index contributed by atoms with van der Waals surface area (Å²) >= 11 is 0. The number of rotatable bonds is 7. The second-order valence-corrected chi connectivity index (χ2v) is 3.64. The number of carbonyl (C=O) groups excluding carboxylic acids is 1. The van der Waals surface area contributed by atoms with Gasteiger partial charge in [0, 0.05) is 20.3 Å². The SMILES string of the molecule is COCCOCCCN1CNC(C)C1=O. The van der Waals surface area contributed by atoms with Crippen molar-refractivity contribution < 1.29 is 14.3 Å². The molecule has 1 N–H and O–H groups in total. The number of hydrogen-bond donors (Lipinski definition) is 1. The molecule has 1 fully saturated rings. The van der Waals surface area contributed by atoms with Gasteiger partial charge in [-0.3, -0.25) is 10.1 Å². The normalized spacial score (nSPS) is 21.3. The van der Waals surface area contributed by atoms with Crippen LogP contribution in [0.2, 0.25) is 0 Å². The third-order valence-corrected chi connectivity index (χ3v) is 2.42. The zero-order valence-corrected chi connectivity index (χ0v) is 9.49. The lowest BCUT2D eigenvalue weighted by atomic mass is 10.3. The maximum absolute atomic E-state index is 11.5. The summed E-state index contributed by atoms with van der Waals surface area (Å²) < 4.78 is 10.2. The Kier molecular flexibility index (Phi) is 5.60. The second kappa shape index (κ2) is 6.76. The van der Waals surface area contributed by atoms with E-state index in [0.717, 1.165) is 13.0 Å². The summed E-state index contributed by atoms with van der Waals surface area (Å²) in [6, 6.07) is -0.0283. The number of carbonyl (C=O) groups is 1. The molecule has 5 heteroatoms. The van der Waals surface area contributed by atoms with E-state index < -0.39 is 0 Å². The first-order chi connectivity index (χ1) is 7.25. The van der Waals surface area contributed by atoms with Gasteiger partial charge in [-0.1, -0.05) is 0 Å². The molecule has 0 saturated carbocycles. The van der Waals surface area contributed by atoms with E-state index in [1.54, 1.807) is 7.11 Å². The molecule has 1 aliphatic rings. The van der Waals surface area contributed by atoms with Crippen molar-refractivity contribution in [3.63, 3.8) is 0 Å². The molecule has 1 saturated heterocycles. The van der Waals surface area contributed by atoms with Gasteiger partial charge in [0.1, 0.15) is 0 Å². The summed E-state index contributed by atoms with van der Waals surface area (Å²) in [7, 11) is 1.65. The first-order valence-electron chi connectivity index (χ1n) is 5.34. The summed E-state index contributed by atoms with van der Waals surface area (Å²) in [5.41, 5.74) is 0. The molecule has 0 aromatic heterocycles. The molecule has 5 nitrogen and oxygen atoms in total. The van der Waals surface area contributed by atoms with Gasteiger partial charge < -0.3 is 14.4 Å². The minimum atomic E-state index is -0.0283. The Morgan fingerprint density at radius 1 is 1.47 bits per heavy atom. The van der Waals surface area contributed by atoms with Crippen LogP contribution < -0.4 is 5.32 Å². The first-order valence-corrected chi connectivity index (χ1v) is 5.34. The number of nitrogens with one attached hydrogen (secondary N) is 1. The van der Waals surface area contributed by atoms with E-state index in [-0.39, 0.29) is 11.9 Å². The van der Waals surface area contributed by atoms with Crippen LogP contribution in [-0.4, -0.2) is 57.0 Å². The number of hydrogen-bond acceptors (Lipinski definition) is 4. The minimum absolute atomic E-state index is 0.0283. The first kappa shape index (κ1) is 12.4. The highest BCUT2D eigenvalue weighted by atomic mass is 16.5. The summed E-state index contributed by atoms with van der Waals surface area (Å²) in [5, 5.41) is 3.10. The van der Waals surface area contributed by atoms with Gasteiger partial charge in [0.15, 0.2) is 0 Å². The maximum Gasteiger partial charge on any atom is 0.240 e. The van der Waals surface area contributed by atoms with Gasteiger partial charge in [-0.05, 0) is 13.3 Å². The van der Waals surface area contributed by atoms with Crippen molar-refractivity contribution in [2.75, 3.05) is 40.1 Å². The highest BCUT2D eigenvalue weighted by Gasteiger charge is 2.26. The van der Waals surface area contributed by atoms with E-state index in [9.17, 15) is 4.79 Å². The Balaban J connectivity index is 1.98. The number of methoxy groups -OCH3 is 1. The van der Waals surface area contributed by atoms with Crippen LogP contribution >= 0.6 is 0 Å². The highest BCUT2D eigenvalue weighted by molar-refractivity contribution is 5.83. The van der Waals surface area contributed by atoms with E-state index in [2.05, 4.69) is 5.32 Å². The zero-order valence-electron chi connectivity index (χ0n) is 9.49. The van der Waals surface area contributed by atoms with Gasteiger partial charge in [0.2, 0.25) is 5.91 Å². The van der Waals surface area contributed by atoms with E-state index in [0.29, 0.717) is 26.5 Å². The molecular formula is C10H20N2O3. The molecule has 0 aromatic carbocycles. The molecule has 88 valence electrons. The second-order valence-electron chi connectivity index (χ2n) is 3.64. The Labute approximate surface area is 90.7 Å². The van der Waals surface area contributed by atoms with Crippen molar-refractivity contribution >= 4 is 5.91 Å².